The molecule has 2 heterocycles. The molecular formula is C14H12BrN3O3. The number of carbonyl (C=O) groups excluding carboxylic acids is 1. The Bertz CT molecular complexity index is 754. The lowest BCUT2D eigenvalue weighted by Crippen LogP contribution is -2.40. The lowest BCUT2D eigenvalue weighted by Gasteiger charge is -2.28. The summed E-state index contributed by atoms with van der Waals surface area (Å²) in [4.78, 5) is 25.2. The molecule has 1 N–H and O–H groups in total. The zero-order valence-electron chi connectivity index (χ0n) is 11.2. The number of rotatable bonds is 2. The lowest BCUT2D eigenvalue weighted by molar-refractivity contribution is 0.0689. The van der Waals surface area contributed by atoms with Crippen molar-refractivity contribution in [3.05, 3.63) is 45.7 Å². The predicted octanol–water partition coefficient (Wildman–Crippen LogP) is 2.31. The van der Waals surface area contributed by atoms with Gasteiger partial charge in [-0.2, -0.15) is 5.10 Å². The molecule has 0 atom stereocenters. The number of benzene rings is 1. The largest absolute Gasteiger partial charge is 0.476 e. The third kappa shape index (κ3) is 2.33. The van der Waals surface area contributed by atoms with Crippen molar-refractivity contribution in [3.8, 4) is 0 Å². The summed E-state index contributed by atoms with van der Waals surface area (Å²) >= 11 is 3.40. The normalized spacial score (nSPS) is 14.2. The number of carboxylic acids is 1. The number of anilines is 1. The number of carbonyl (C=O) groups is 2. The van der Waals surface area contributed by atoms with Gasteiger partial charge in [-0.05, 0) is 30.7 Å². The van der Waals surface area contributed by atoms with Crippen LogP contribution in [0.5, 0.6) is 0 Å². The van der Waals surface area contributed by atoms with Crippen LogP contribution >= 0.6 is 15.9 Å². The number of nitrogens with zero attached hydrogens (tertiary/aromatic N) is 3. The average molecular weight is 350 g/mol. The Morgan fingerprint density at radius 2 is 2.10 bits per heavy atom. The first-order valence-corrected chi connectivity index (χ1v) is 7.16. The van der Waals surface area contributed by atoms with Crippen LogP contribution in [-0.2, 0) is 6.54 Å². The van der Waals surface area contributed by atoms with E-state index in [9.17, 15) is 9.59 Å². The van der Waals surface area contributed by atoms with E-state index in [1.165, 1.54) is 10.7 Å². The van der Waals surface area contributed by atoms with Gasteiger partial charge in [-0.25, -0.2) is 4.79 Å². The first-order chi connectivity index (χ1) is 9.97. The van der Waals surface area contributed by atoms with E-state index in [0.717, 1.165) is 15.7 Å². The zero-order valence-corrected chi connectivity index (χ0v) is 12.8. The molecule has 0 aliphatic carbocycles. The van der Waals surface area contributed by atoms with Crippen molar-refractivity contribution in [3.63, 3.8) is 0 Å². The van der Waals surface area contributed by atoms with Crippen molar-refractivity contribution < 1.29 is 14.7 Å². The van der Waals surface area contributed by atoms with E-state index < -0.39 is 5.97 Å². The number of halogens is 1. The highest BCUT2D eigenvalue weighted by Crippen LogP contribution is 2.27. The maximum atomic E-state index is 12.6. The van der Waals surface area contributed by atoms with Crippen molar-refractivity contribution in [2.45, 2.75) is 13.5 Å². The van der Waals surface area contributed by atoms with E-state index >= 15 is 0 Å². The molecule has 7 heteroatoms. The van der Waals surface area contributed by atoms with Gasteiger partial charge < -0.3 is 10.0 Å². The molecule has 0 saturated heterocycles. The molecule has 1 amide bonds. The maximum absolute atomic E-state index is 12.6. The van der Waals surface area contributed by atoms with Crippen LogP contribution in [0.3, 0.4) is 0 Å². The fourth-order valence-corrected chi connectivity index (χ4v) is 2.93. The van der Waals surface area contributed by atoms with Crippen molar-refractivity contribution >= 4 is 33.5 Å². The molecule has 6 nitrogen and oxygen atoms in total. The number of hydrogen-bond acceptors (Lipinski definition) is 3. The molecule has 1 aromatic carbocycles. The quantitative estimate of drug-likeness (QED) is 0.902. The number of aromatic nitrogens is 2. The highest BCUT2D eigenvalue weighted by Gasteiger charge is 2.29. The number of hydrogen-bond donors (Lipinski definition) is 1. The number of aryl methyl sites for hydroxylation is 1. The van der Waals surface area contributed by atoms with Gasteiger partial charge in [-0.3, -0.25) is 9.48 Å². The Morgan fingerprint density at radius 1 is 1.33 bits per heavy atom. The summed E-state index contributed by atoms with van der Waals surface area (Å²) in [6.07, 6.45) is 0. The van der Waals surface area contributed by atoms with Gasteiger partial charge in [-0.15, -0.1) is 0 Å². The molecule has 1 aliphatic rings. The van der Waals surface area contributed by atoms with E-state index in [4.69, 9.17) is 5.11 Å². The van der Waals surface area contributed by atoms with E-state index in [1.54, 1.807) is 4.90 Å². The SMILES string of the molecule is Cc1cc(Br)ccc1N1CCn2nc(C(=O)O)cc2C1=O. The minimum Gasteiger partial charge on any atom is -0.476 e. The summed E-state index contributed by atoms with van der Waals surface area (Å²) in [7, 11) is 0. The molecule has 1 aromatic heterocycles. The standard InChI is InChI=1S/C14H12BrN3O3/c1-8-6-9(15)2-3-11(8)17-4-5-18-12(13(17)19)7-10(16-18)14(20)21/h2-3,6-7H,4-5H2,1H3,(H,20,21). The fourth-order valence-electron chi connectivity index (χ4n) is 2.45. The predicted molar refractivity (Wildman–Crippen MR) is 79.7 cm³/mol. The Labute approximate surface area is 129 Å². The first-order valence-electron chi connectivity index (χ1n) is 6.36. The van der Waals surface area contributed by atoms with E-state index in [-0.39, 0.29) is 11.6 Å². The second kappa shape index (κ2) is 5.00. The van der Waals surface area contributed by atoms with Crippen LogP contribution in [0.15, 0.2) is 28.7 Å². The maximum Gasteiger partial charge on any atom is 0.356 e. The zero-order chi connectivity index (χ0) is 15.1. The third-order valence-corrected chi connectivity index (χ3v) is 3.94. The van der Waals surface area contributed by atoms with E-state index in [2.05, 4.69) is 21.0 Å². The van der Waals surface area contributed by atoms with Gasteiger partial charge in [0.15, 0.2) is 5.69 Å². The topological polar surface area (TPSA) is 75.4 Å². The van der Waals surface area contributed by atoms with Crippen LogP contribution < -0.4 is 4.90 Å². The van der Waals surface area contributed by atoms with Crippen LogP contribution in [0.2, 0.25) is 0 Å². The Hall–Kier alpha value is -2.15. The highest BCUT2D eigenvalue weighted by atomic mass is 79.9. The van der Waals surface area contributed by atoms with E-state index in [1.807, 2.05) is 25.1 Å². The molecule has 0 spiro atoms. The molecular weight excluding hydrogens is 338 g/mol. The van der Waals surface area contributed by atoms with Crippen LogP contribution in [0.1, 0.15) is 26.5 Å². The Balaban J connectivity index is 2.00. The summed E-state index contributed by atoms with van der Waals surface area (Å²) in [5, 5.41) is 12.9. The second-order valence-corrected chi connectivity index (χ2v) is 5.75. The van der Waals surface area contributed by atoms with E-state index in [0.29, 0.717) is 18.8 Å². The lowest BCUT2D eigenvalue weighted by atomic mass is 10.1. The van der Waals surface area contributed by atoms with Crippen LogP contribution in [-0.4, -0.2) is 33.3 Å². The molecule has 0 unspecified atom stereocenters. The summed E-state index contributed by atoms with van der Waals surface area (Å²) in [6.45, 7) is 2.88. The van der Waals surface area contributed by atoms with Gasteiger partial charge in [0.05, 0.1) is 6.54 Å². The monoisotopic (exact) mass is 349 g/mol. The van der Waals surface area contributed by atoms with Gasteiger partial charge in [0.2, 0.25) is 0 Å². The Kier molecular flexibility index (Phi) is 3.29. The molecule has 0 bridgehead atoms. The van der Waals surface area contributed by atoms with Gasteiger partial charge >= 0.3 is 5.97 Å². The van der Waals surface area contributed by atoms with Gasteiger partial charge in [-0.1, -0.05) is 15.9 Å². The molecule has 0 saturated carbocycles. The number of amides is 1. The molecule has 0 fully saturated rings. The van der Waals surface area contributed by atoms with Crippen molar-refractivity contribution in [2.24, 2.45) is 0 Å². The molecule has 1 aliphatic heterocycles. The van der Waals surface area contributed by atoms with Crippen LogP contribution in [0.25, 0.3) is 0 Å². The van der Waals surface area contributed by atoms with Crippen molar-refractivity contribution in [1.82, 2.24) is 9.78 Å². The minimum atomic E-state index is -1.13. The molecule has 108 valence electrons. The molecule has 2 aromatic rings. The summed E-state index contributed by atoms with van der Waals surface area (Å²) in [5.41, 5.74) is 2.00. The number of carboxylic acid groups (broad SMARTS) is 1. The Morgan fingerprint density at radius 3 is 2.76 bits per heavy atom. The van der Waals surface area contributed by atoms with Gasteiger partial charge in [0.25, 0.3) is 5.91 Å². The molecule has 0 radical (unpaired) electrons. The summed E-state index contributed by atoms with van der Waals surface area (Å²) < 4.78 is 2.41. The first kappa shape index (κ1) is 13.8. The van der Waals surface area contributed by atoms with Crippen LogP contribution in [0, 0.1) is 6.92 Å². The molecule has 21 heavy (non-hydrogen) atoms. The third-order valence-electron chi connectivity index (χ3n) is 3.45. The van der Waals surface area contributed by atoms with Gasteiger partial charge in [0.1, 0.15) is 5.69 Å². The fraction of sp³-hybridized carbons (Fsp3) is 0.214. The summed E-state index contributed by atoms with van der Waals surface area (Å²) in [5.74, 6) is -1.36. The molecule has 3 rings (SSSR count). The average Bonchev–Trinajstić information content (AvgIpc) is 2.85. The number of aromatic carboxylic acids is 1. The van der Waals surface area contributed by atoms with Gasteiger partial charge in [0, 0.05) is 22.8 Å². The highest BCUT2D eigenvalue weighted by molar-refractivity contribution is 9.10. The van der Waals surface area contributed by atoms with Crippen molar-refractivity contribution in [2.75, 3.05) is 11.4 Å². The second-order valence-electron chi connectivity index (χ2n) is 4.83. The smallest absolute Gasteiger partial charge is 0.356 e. The summed E-state index contributed by atoms with van der Waals surface area (Å²) in [6, 6.07) is 7.02. The van der Waals surface area contributed by atoms with Crippen LogP contribution in [0.4, 0.5) is 5.69 Å². The minimum absolute atomic E-state index is 0.104. The van der Waals surface area contributed by atoms with Crippen molar-refractivity contribution in [1.29, 1.82) is 0 Å². The number of fused-ring (bicyclic) bond motifs is 1.